The summed E-state index contributed by atoms with van der Waals surface area (Å²) >= 11 is 5.88. The Labute approximate surface area is 123 Å². The molecule has 0 aliphatic rings. The lowest BCUT2D eigenvalue weighted by molar-refractivity contribution is 0.0950. The molecule has 0 spiro atoms. The van der Waals surface area contributed by atoms with Crippen LogP contribution >= 0.6 is 11.6 Å². The van der Waals surface area contributed by atoms with Crippen LogP contribution in [0.25, 0.3) is 0 Å². The van der Waals surface area contributed by atoms with Crippen LogP contribution in [0.5, 0.6) is 0 Å². The highest BCUT2D eigenvalue weighted by atomic mass is 35.5. The van der Waals surface area contributed by atoms with Crippen molar-refractivity contribution in [2.45, 2.75) is 19.8 Å². The van der Waals surface area contributed by atoms with Gasteiger partial charge in [-0.15, -0.1) is 10.2 Å². The molecule has 20 heavy (non-hydrogen) atoms. The summed E-state index contributed by atoms with van der Waals surface area (Å²) in [5.41, 5.74) is 1.50. The number of aryl methyl sites for hydroxylation is 2. The van der Waals surface area contributed by atoms with Gasteiger partial charge in [-0.3, -0.25) is 4.79 Å². The molecule has 2 rings (SSSR count). The van der Waals surface area contributed by atoms with Crippen molar-refractivity contribution in [1.29, 1.82) is 0 Å². The molecule has 1 amide bonds. The van der Waals surface area contributed by atoms with Gasteiger partial charge in [-0.1, -0.05) is 18.5 Å². The van der Waals surface area contributed by atoms with Crippen LogP contribution in [0.1, 0.15) is 34.6 Å². The number of halogens is 1. The minimum absolute atomic E-state index is 0.0963. The molecule has 0 fully saturated rings. The van der Waals surface area contributed by atoms with E-state index in [1.54, 1.807) is 24.5 Å². The van der Waals surface area contributed by atoms with Gasteiger partial charge in [0.15, 0.2) is 0 Å². The summed E-state index contributed by atoms with van der Waals surface area (Å²) in [6.07, 6.45) is 1.65. The highest BCUT2D eigenvalue weighted by molar-refractivity contribution is 6.30. The van der Waals surface area contributed by atoms with Crippen LogP contribution in [0, 0.1) is 6.92 Å². The Kier molecular flexibility index (Phi) is 4.39. The molecule has 1 heterocycles. The van der Waals surface area contributed by atoms with Crippen molar-refractivity contribution in [1.82, 2.24) is 20.1 Å². The van der Waals surface area contributed by atoms with Crippen molar-refractivity contribution in [3.63, 3.8) is 0 Å². The van der Waals surface area contributed by atoms with Gasteiger partial charge in [-0.25, -0.2) is 0 Å². The van der Waals surface area contributed by atoms with E-state index in [4.69, 9.17) is 11.6 Å². The lowest BCUT2D eigenvalue weighted by Gasteiger charge is -2.13. The van der Waals surface area contributed by atoms with Crippen LogP contribution in [0.2, 0.25) is 5.02 Å². The molecule has 0 saturated heterocycles. The summed E-state index contributed by atoms with van der Waals surface area (Å²) in [5.74, 6) is 0.838. The van der Waals surface area contributed by atoms with Crippen molar-refractivity contribution in [2.24, 2.45) is 7.05 Å². The van der Waals surface area contributed by atoms with Gasteiger partial charge in [0.2, 0.25) is 0 Å². The number of carbonyl (C=O) groups is 1. The fourth-order valence-electron chi connectivity index (χ4n) is 2.05. The summed E-state index contributed by atoms with van der Waals surface area (Å²) in [5, 5.41) is 11.4. The van der Waals surface area contributed by atoms with Gasteiger partial charge >= 0.3 is 0 Å². The summed E-state index contributed by atoms with van der Waals surface area (Å²) in [4.78, 5) is 12.1. The quantitative estimate of drug-likeness (QED) is 0.941. The Hall–Kier alpha value is -1.88. The number of nitrogens with one attached hydrogen (secondary N) is 1. The molecule has 1 aromatic heterocycles. The predicted molar refractivity (Wildman–Crippen MR) is 77.9 cm³/mol. The van der Waals surface area contributed by atoms with Crippen LogP contribution in [-0.2, 0) is 7.05 Å². The Morgan fingerprint density at radius 2 is 2.25 bits per heavy atom. The maximum Gasteiger partial charge on any atom is 0.251 e. The van der Waals surface area contributed by atoms with E-state index >= 15 is 0 Å². The smallest absolute Gasteiger partial charge is 0.251 e. The normalized spacial score (nSPS) is 12.2. The van der Waals surface area contributed by atoms with Crippen molar-refractivity contribution in [3.8, 4) is 0 Å². The van der Waals surface area contributed by atoms with Crippen LogP contribution in [0.3, 0.4) is 0 Å². The Bertz CT molecular complexity index is 623. The monoisotopic (exact) mass is 292 g/mol. The molecule has 0 aliphatic heterocycles. The molecule has 1 atom stereocenters. The summed E-state index contributed by atoms with van der Waals surface area (Å²) in [6, 6.07) is 5.23. The molecule has 2 aromatic rings. The number of aromatic nitrogens is 3. The fourth-order valence-corrected chi connectivity index (χ4v) is 2.28. The van der Waals surface area contributed by atoms with Gasteiger partial charge in [0.25, 0.3) is 5.91 Å². The van der Waals surface area contributed by atoms with E-state index in [-0.39, 0.29) is 11.8 Å². The summed E-state index contributed by atoms with van der Waals surface area (Å²) < 4.78 is 1.85. The highest BCUT2D eigenvalue weighted by Gasteiger charge is 2.14. The second-order valence-electron chi connectivity index (χ2n) is 4.87. The Balaban J connectivity index is 2.00. The minimum Gasteiger partial charge on any atom is -0.351 e. The molecule has 0 bridgehead atoms. The topological polar surface area (TPSA) is 59.8 Å². The molecule has 106 valence electrons. The third-order valence-corrected chi connectivity index (χ3v) is 3.42. The van der Waals surface area contributed by atoms with Gasteiger partial charge in [0.05, 0.1) is 0 Å². The number of amides is 1. The third kappa shape index (κ3) is 3.17. The number of carbonyl (C=O) groups excluding carboxylic acids is 1. The number of nitrogens with zero attached hydrogens (tertiary/aromatic N) is 3. The van der Waals surface area contributed by atoms with Gasteiger partial charge in [0.1, 0.15) is 12.2 Å². The second kappa shape index (κ2) is 6.05. The van der Waals surface area contributed by atoms with Crippen molar-refractivity contribution in [2.75, 3.05) is 6.54 Å². The maximum atomic E-state index is 12.1. The van der Waals surface area contributed by atoms with Gasteiger partial charge in [-0.05, 0) is 30.7 Å². The van der Waals surface area contributed by atoms with Crippen molar-refractivity contribution < 1.29 is 4.79 Å². The molecular weight excluding hydrogens is 276 g/mol. The van der Waals surface area contributed by atoms with E-state index in [2.05, 4.69) is 15.5 Å². The minimum atomic E-state index is -0.104. The van der Waals surface area contributed by atoms with Gasteiger partial charge < -0.3 is 9.88 Å². The molecule has 5 nitrogen and oxygen atoms in total. The van der Waals surface area contributed by atoms with Gasteiger partial charge in [0, 0.05) is 30.1 Å². The van der Waals surface area contributed by atoms with E-state index in [0.29, 0.717) is 17.1 Å². The number of benzene rings is 1. The zero-order valence-electron chi connectivity index (χ0n) is 11.7. The zero-order valence-corrected chi connectivity index (χ0v) is 12.5. The van der Waals surface area contributed by atoms with Gasteiger partial charge in [-0.2, -0.15) is 0 Å². The lowest BCUT2D eigenvalue weighted by Crippen LogP contribution is -2.29. The van der Waals surface area contributed by atoms with E-state index < -0.39 is 0 Å². The second-order valence-corrected chi connectivity index (χ2v) is 5.31. The van der Waals surface area contributed by atoms with Crippen molar-refractivity contribution >= 4 is 17.5 Å². The molecular formula is C14H17ClN4O. The number of rotatable bonds is 4. The van der Waals surface area contributed by atoms with Crippen LogP contribution in [0.4, 0.5) is 0 Å². The SMILES string of the molecule is Cc1cc(Cl)ccc1C(=O)NC[C@@H](C)c1nncn1C. The summed E-state index contributed by atoms with van der Waals surface area (Å²) in [6.45, 7) is 4.37. The Morgan fingerprint density at radius 1 is 1.50 bits per heavy atom. The van der Waals surface area contributed by atoms with Crippen LogP contribution in [0.15, 0.2) is 24.5 Å². The zero-order chi connectivity index (χ0) is 14.7. The maximum absolute atomic E-state index is 12.1. The largest absolute Gasteiger partial charge is 0.351 e. The summed E-state index contributed by atoms with van der Waals surface area (Å²) in [7, 11) is 1.89. The van der Waals surface area contributed by atoms with E-state index in [9.17, 15) is 4.79 Å². The molecule has 1 aromatic carbocycles. The first-order valence-corrected chi connectivity index (χ1v) is 6.75. The molecule has 0 radical (unpaired) electrons. The average Bonchev–Trinajstić information content (AvgIpc) is 2.82. The molecule has 0 aliphatic carbocycles. The molecule has 1 N–H and O–H groups in total. The predicted octanol–water partition coefficient (Wildman–Crippen LogP) is 2.31. The first-order chi connectivity index (χ1) is 9.49. The average molecular weight is 293 g/mol. The fraction of sp³-hybridized carbons (Fsp3) is 0.357. The van der Waals surface area contributed by atoms with E-state index in [1.807, 2.05) is 25.5 Å². The van der Waals surface area contributed by atoms with E-state index in [1.165, 1.54) is 0 Å². The highest BCUT2D eigenvalue weighted by Crippen LogP contribution is 2.15. The standard InChI is InChI=1S/C14H17ClN4O/c1-9-6-11(15)4-5-12(9)14(20)16-7-10(2)13-18-17-8-19(13)3/h4-6,8,10H,7H2,1-3H3,(H,16,20)/t10-/m1/s1. The third-order valence-electron chi connectivity index (χ3n) is 3.19. The van der Waals surface area contributed by atoms with Crippen LogP contribution < -0.4 is 5.32 Å². The first kappa shape index (κ1) is 14.5. The van der Waals surface area contributed by atoms with E-state index in [0.717, 1.165) is 11.4 Å². The first-order valence-electron chi connectivity index (χ1n) is 6.37. The molecule has 0 saturated carbocycles. The number of hydrogen-bond acceptors (Lipinski definition) is 3. The molecule has 0 unspecified atom stereocenters. The van der Waals surface area contributed by atoms with Crippen molar-refractivity contribution in [3.05, 3.63) is 46.5 Å². The number of hydrogen-bond donors (Lipinski definition) is 1. The molecule has 6 heteroatoms. The Morgan fingerprint density at radius 3 is 2.85 bits per heavy atom. The van der Waals surface area contributed by atoms with Crippen LogP contribution in [-0.4, -0.2) is 27.2 Å². The lowest BCUT2D eigenvalue weighted by atomic mass is 10.1.